The van der Waals surface area contributed by atoms with Gasteiger partial charge in [0.05, 0.1) is 29.7 Å². The molecule has 2 aromatic heterocycles. The van der Waals surface area contributed by atoms with Gasteiger partial charge < -0.3 is 19.6 Å². The standard InChI is InChI=1S/C33H31N5O4/c1-3-42-27-9-6-8-25(18-27)38-20-29(35-31(38)23-13-11-22(2)12-14-23)32(39)37-16-15-36(21-30(37)33(40)41)26-17-24-7-4-5-10-28(24)34-19-26/h4-14,17-20,30H,3,15-16,21H2,1-2H3,(H,40,41). The van der Waals surface area contributed by atoms with Gasteiger partial charge in [0.15, 0.2) is 0 Å². The fourth-order valence-corrected chi connectivity index (χ4v) is 5.33. The number of para-hydroxylation sites is 1. The maximum Gasteiger partial charge on any atom is 0.328 e. The molecule has 1 N–H and O–H groups in total. The van der Waals surface area contributed by atoms with Crippen LogP contribution in [0.1, 0.15) is 23.0 Å². The molecule has 1 amide bonds. The maximum absolute atomic E-state index is 13.9. The fraction of sp³-hybridized carbons (Fsp3) is 0.212. The minimum Gasteiger partial charge on any atom is -0.494 e. The van der Waals surface area contributed by atoms with Crippen LogP contribution in [0.5, 0.6) is 5.75 Å². The summed E-state index contributed by atoms with van der Waals surface area (Å²) in [4.78, 5) is 39.0. The van der Waals surface area contributed by atoms with Gasteiger partial charge in [0.25, 0.3) is 5.91 Å². The first-order valence-corrected chi connectivity index (χ1v) is 13.9. The summed E-state index contributed by atoms with van der Waals surface area (Å²) < 4.78 is 7.56. The summed E-state index contributed by atoms with van der Waals surface area (Å²) >= 11 is 0. The van der Waals surface area contributed by atoms with E-state index in [-0.39, 0.29) is 18.8 Å². The van der Waals surface area contributed by atoms with Gasteiger partial charge in [-0.2, -0.15) is 0 Å². The summed E-state index contributed by atoms with van der Waals surface area (Å²) in [5.74, 6) is -0.201. The highest BCUT2D eigenvalue weighted by atomic mass is 16.5. The maximum atomic E-state index is 13.9. The first-order valence-electron chi connectivity index (χ1n) is 13.9. The van der Waals surface area contributed by atoms with Crippen molar-refractivity contribution in [1.82, 2.24) is 19.4 Å². The number of ether oxygens (including phenoxy) is 1. The van der Waals surface area contributed by atoms with Gasteiger partial charge in [-0.15, -0.1) is 0 Å². The van der Waals surface area contributed by atoms with E-state index in [1.165, 1.54) is 4.90 Å². The molecule has 1 aliphatic heterocycles. The van der Waals surface area contributed by atoms with Crippen molar-refractivity contribution in [2.45, 2.75) is 19.9 Å². The Bertz CT molecular complexity index is 1760. The highest BCUT2D eigenvalue weighted by molar-refractivity contribution is 5.96. The number of hydrogen-bond acceptors (Lipinski definition) is 6. The number of carbonyl (C=O) groups is 2. The number of aliphatic carboxylic acids is 1. The van der Waals surface area contributed by atoms with E-state index in [4.69, 9.17) is 9.72 Å². The van der Waals surface area contributed by atoms with Crippen molar-refractivity contribution in [3.8, 4) is 22.8 Å². The van der Waals surface area contributed by atoms with E-state index >= 15 is 0 Å². The molecule has 1 atom stereocenters. The third-order valence-corrected chi connectivity index (χ3v) is 7.51. The van der Waals surface area contributed by atoms with Crippen LogP contribution in [0.3, 0.4) is 0 Å². The number of imidazole rings is 1. The molecule has 212 valence electrons. The number of carboxylic acids is 1. The number of aryl methyl sites for hydroxylation is 1. The lowest BCUT2D eigenvalue weighted by molar-refractivity contribution is -0.142. The molecule has 6 rings (SSSR count). The zero-order chi connectivity index (χ0) is 29.2. The number of nitrogens with zero attached hydrogens (tertiary/aromatic N) is 5. The number of amides is 1. The monoisotopic (exact) mass is 561 g/mol. The minimum atomic E-state index is -1.07. The van der Waals surface area contributed by atoms with Crippen LogP contribution in [0.15, 0.2) is 91.3 Å². The van der Waals surface area contributed by atoms with E-state index in [0.717, 1.165) is 33.4 Å². The zero-order valence-corrected chi connectivity index (χ0v) is 23.5. The summed E-state index contributed by atoms with van der Waals surface area (Å²) in [5.41, 5.74) is 4.61. The van der Waals surface area contributed by atoms with E-state index in [1.54, 1.807) is 12.4 Å². The van der Waals surface area contributed by atoms with Crippen molar-refractivity contribution >= 4 is 28.5 Å². The molecule has 1 saturated heterocycles. The Kier molecular flexibility index (Phi) is 7.31. The number of carboxylic acid groups (broad SMARTS) is 1. The Balaban J connectivity index is 1.33. The molecule has 9 nitrogen and oxygen atoms in total. The Morgan fingerprint density at radius 3 is 2.57 bits per heavy atom. The van der Waals surface area contributed by atoms with Crippen molar-refractivity contribution in [2.24, 2.45) is 0 Å². The third-order valence-electron chi connectivity index (χ3n) is 7.51. The van der Waals surface area contributed by atoms with Crippen molar-refractivity contribution < 1.29 is 19.4 Å². The summed E-state index contributed by atoms with van der Waals surface area (Å²) in [5, 5.41) is 11.2. The number of pyridine rings is 1. The Hall–Kier alpha value is -5.18. The second kappa shape index (κ2) is 11.4. The number of piperazine rings is 1. The van der Waals surface area contributed by atoms with Crippen molar-refractivity contribution in [2.75, 3.05) is 31.1 Å². The lowest BCUT2D eigenvalue weighted by Crippen LogP contribution is -2.58. The number of rotatable bonds is 7. The molecular weight excluding hydrogens is 530 g/mol. The minimum absolute atomic E-state index is 0.142. The smallest absolute Gasteiger partial charge is 0.328 e. The molecule has 0 bridgehead atoms. The number of carbonyl (C=O) groups excluding carboxylic acids is 1. The normalized spacial score (nSPS) is 15.1. The summed E-state index contributed by atoms with van der Waals surface area (Å²) in [7, 11) is 0. The van der Waals surface area contributed by atoms with Gasteiger partial charge in [-0.25, -0.2) is 9.78 Å². The van der Waals surface area contributed by atoms with E-state index in [0.29, 0.717) is 24.7 Å². The van der Waals surface area contributed by atoms with E-state index in [9.17, 15) is 14.7 Å². The SMILES string of the molecule is CCOc1cccc(-n2cc(C(=O)N3CCN(c4cnc5ccccc5c4)CC3C(=O)O)nc2-c2ccc(C)cc2)c1. The highest BCUT2D eigenvalue weighted by Crippen LogP contribution is 2.28. The Morgan fingerprint density at radius 1 is 0.976 bits per heavy atom. The molecule has 1 aliphatic rings. The molecule has 0 radical (unpaired) electrons. The van der Waals surface area contributed by atoms with Gasteiger partial charge in [-0.1, -0.05) is 54.1 Å². The van der Waals surface area contributed by atoms with Crippen LogP contribution in [0.25, 0.3) is 28.0 Å². The summed E-state index contributed by atoms with van der Waals surface area (Å²) in [6.45, 7) is 5.30. The van der Waals surface area contributed by atoms with Gasteiger partial charge >= 0.3 is 5.97 Å². The van der Waals surface area contributed by atoms with Crippen LogP contribution in [-0.4, -0.2) is 68.7 Å². The number of anilines is 1. The number of aromatic nitrogens is 3. The van der Waals surface area contributed by atoms with Gasteiger partial charge in [-0.05, 0) is 38.1 Å². The topological polar surface area (TPSA) is 101 Å². The molecular formula is C33H31N5O4. The predicted molar refractivity (Wildman–Crippen MR) is 161 cm³/mol. The zero-order valence-electron chi connectivity index (χ0n) is 23.5. The predicted octanol–water partition coefficient (Wildman–Crippen LogP) is 5.21. The largest absolute Gasteiger partial charge is 0.494 e. The molecule has 0 saturated carbocycles. The second-order valence-corrected chi connectivity index (χ2v) is 10.3. The Labute approximate surface area is 243 Å². The Morgan fingerprint density at radius 2 is 1.79 bits per heavy atom. The van der Waals surface area contributed by atoms with Gasteiger partial charge in [-0.3, -0.25) is 14.3 Å². The van der Waals surface area contributed by atoms with Crippen LogP contribution in [0.4, 0.5) is 5.69 Å². The summed E-state index contributed by atoms with van der Waals surface area (Å²) in [6.07, 6.45) is 3.44. The molecule has 3 heterocycles. The second-order valence-electron chi connectivity index (χ2n) is 10.3. The molecule has 0 aliphatic carbocycles. The molecule has 9 heteroatoms. The molecule has 1 unspecified atom stereocenters. The molecule has 42 heavy (non-hydrogen) atoms. The first-order chi connectivity index (χ1) is 20.4. The van der Waals surface area contributed by atoms with Crippen LogP contribution < -0.4 is 9.64 Å². The average Bonchev–Trinajstić information content (AvgIpc) is 3.46. The quantitative estimate of drug-likeness (QED) is 0.291. The third kappa shape index (κ3) is 5.28. The average molecular weight is 562 g/mol. The number of benzene rings is 3. The van der Waals surface area contributed by atoms with Crippen molar-refractivity contribution in [3.63, 3.8) is 0 Å². The van der Waals surface area contributed by atoms with Crippen LogP contribution in [0.2, 0.25) is 0 Å². The summed E-state index contributed by atoms with van der Waals surface area (Å²) in [6, 6.07) is 24.3. The van der Waals surface area contributed by atoms with Gasteiger partial charge in [0.2, 0.25) is 0 Å². The van der Waals surface area contributed by atoms with Crippen molar-refractivity contribution in [3.05, 3.63) is 103 Å². The van der Waals surface area contributed by atoms with Crippen LogP contribution in [0, 0.1) is 6.92 Å². The van der Waals surface area contributed by atoms with E-state index in [1.807, 2.05) is 102 Å². The van der Waals surface area contributed by atoms with E-state index in [2.05, 4.69) is 4.98 Å². The molecule has 5 aromatic rings. The van der Waals surface area contributed by atoms with Gasteiger partial charge in [0.1, 0.15) is 23.3 Å². The molecule has 1 fully saturated rings. The molecule has 3 aromatic carbocycles. The number of fused-ring (bicyclic) bond motifs is 1. The lowest BCUT2D eigenvalue weighted by atomic mass is 10.1. The number of hydrogen-bond donors (Lipinski definition) is 1. The first kappa shape index (κ1) is 27.0. The van der Waals surface area contributed by atoms with Crippen LogP contribution >= 0.6 is 0 Å². The fourth-order valence-electron chi connectivity index (χ4n) is 5.33. The highest BCUT2D eigenvalue weighted by Gasteiger charge is 2.37. The van der Waals surface area contributed by atoms with Crippen molar-refractivity contribution in [1.29, 1.82) is 0 Å². The lowest BCUT2D eigenvalue weighted by Gasteiger charge is -2.40. The molecule has 0 spiro atoms. The van der Waals surface area contributed by atoms with E-state index < -0.39 is 17.9 Å². The van der Waals surface area contributed by atoms with Gasteiger partial charge in [0, 0.05) is 42.8 Å². The van der Waals surface area contributed by atoms with Crippen LogP contribution in [-0.2, 0) is 4.79 Å².